The van der Waals surface area contributed by atoms with E-state index in [2.05, 4.69) is 11.1 Å². The van der Waals surface area contributed by atoms with E-state index in [0.717, 1.165) is 21.4 Å². The molecule has 1 fully saturated rings. The summed E-state index contributed by atoms with van der Waals surface area (Å²) in [7, 11) is 0. The number of carbonyl (C=O) groups is 2. The van der Waals surface area contributed by atoms with Gasteiger partial charge >= 0.3 is 5.97 Å². The van der Waals surface area contributed by atoms with Crippen molar-refractivity contribution in [2.24, 2.45) is 11.8 Å². The van der Waals surface area contributed by atoms with Crippen molar-refractivity contribution in [3.8, 4) is 0 Å². The summed E-state index contributed by atoms with van der Waals surface area (Å²) in [5.41, 5.74) is 1.11. The number of aliphatic hydroxyl groups excluding tert-OH is 1. The highest BCUT2D eigenvalue weighted by Gasteiger charge is 2.57. The lowest BCUT2D eigenvalue weighted by molar-refractivity contribution is -0.157. The number of aromatic nitrogens is 1. The molecule has 2 N–H and O–H groups in total. The van der Waals surface area contributed by atoms with Gasteiger partial charge in [0.05, 0.1) is 12.0 Å². The lowest BCUT2D eigenvalue weighted by Gasteiger charge is -2.45. The predicted molar refractivity (Wildman–Crippen MR) is 108 cm³/mol. The third-order valence-corrected chi connectivity index (χ3v) is 6.94. The van der Waals surface area contributed by atoms with Crippen molar-refractivity contribution in [2.75, 3.05) is 12.4 Å². The highest BCUT2D eigenvalue weighted by atomic mass is 32.2. The van der Waals surface area contributed by atoms with E-state index in [1.807, 2.05) is 31.2 Å². The summed E-state index contributed by atoms with van der Waals surface area (Å²) < 4.78 is 0. The van der Waals surface area contributed by atoms with Crippen LogP contribution in [0.25, 0.3) is 10.8 Å². The molecule has 7 heteroatoms. The second-order valence-electron chi connectivity index (χ2n) is 7.20. The molecule has 1 amide bonds. The van der Waals surface area contributed by atoms with Gasteiger partial charge in [0.2, 0.25) is 5.91 Å². The molecule has 0 saturated carbocycles. The van der Waals surface area contributed by atoms with E-state index in [-0.39, 0.29) is 36.1 Å². The topological polar surface area (TPSA) is 90.7 Å². The number of aliphatic carboxylic acids is 1. The Morgan fingerprint density at radius 1 is 1.29 bits per heavy atom. The fraction of sp³-hybridized carbons (Fsp3) is 0.381. The summed E-state index contributed by atoms with van der Waals surface area (Å²) in [5, 5.41) is 21.1. The maximum absolute atomic E-state index is 12.4. The summed E-state index contributed by atoms with van der Waals surface area (Å²) in [6, 6.07) is 9.91. The summed E-state index contributed by atoms with van der Waals surface area (Å²) in [4.78, 5) is 30.9. The number of carbonyl (C=O) groups excluding carboxylic acids is 1. The molecule has 2 aliphatic rings. The second-order valence-corrected chi connectivity index (χ2v) is 8.34. The number of rotatable bonds is 7. The molecule has 1 aromatic heterocycles. The van der Waals surface area contributed by atoms with Gasteiger partial charge in [0.1, 0.15) is 5.70 Å². The maximum atomic E-state index is 12.4. The Bertz CT molecular complexity index is 969. The fourth-order valence-electron chi connectivity index (χ4n) is 4.37. The molecule has 2 aromatic rings. The van der Waals surface area contributed by atoms with E-state index < -0.39 is 5.97 Å². The van der Waals surface area contributed by atoms with Gasteiger partial charge in [-0.1, -0.05) is 31.2 Å². The normalized spacial score (nSPS) is 23.9. The zero-order chi connectivity index (χ0) is 19.8. The van der Waals surface area contributed by atoms with Gasteiger partial charge in [0, 0.05) is 40.5 Å². The summed E-state index contributed by atoms with van der Waals surface area (Å²) in [6.07, 6.45) is 2.90. The van der Waals surface area contributed by atoms with Crippen molar-refractivity contribution < 1.29 is 19.8 Å². The van der Waals surface area contributed by atoms with Gasteiger partial charge < -0.3 is 15.1 Å². The standard InChI is InChI=1S/C21H22N2O4S/c1-12-17-15(7-10-24)20(25)23(17)18(21(26)27)19(12)28-11-8-16-14-5-3-2-4-13(14)6-9-22-16/h2-6,9,12,15,17,24H,7-8,10-11H2,1H3,(H,26,27)/t12-,15+,17-/m1/s1. The number of pyridine rings is 1. The number of hydrogen-bond donors (Lipinski definition) is 2. The predicted octanol–water partition coefficient (Wildman–Crippen LogP) is 2.67. The minimum absolute atomic E-state index is 0.0363. The first-order chi connectivity index (χ1) is 13.5. The van der Waals surface area contributed by atoms with Crippen molar-refractivity contribution in [2.45, 2.75) is 25.8 Å². The quantitative estimate of drug-likeness (QED) is 0.697. The first-order valence-electron chi connectivity index (χ1n) is 9.41. The molecule has 3 atom stereocenters. The Morgan fingerprint density at radius 2 is 2.07 bits per heavy atom. The van der Waals surface area contributed by atoms with E-state index in [1.54, 1.807) is 6.20 Å². The molecular formula is C21H22N2O4S. The number of benzene rings is 1. The van der Waals surface area contributed by atoms with Crippen LogP contribution < -0.4 is 0 Å². The number of fused-ring (bicyclic) bond motifs is 2. The van der Waals surface area contributed by atoms with E-state index in [1.165, 1.54) is 16.7 Å². The number of amides is 1. The van der Waals surface area contributed by atoms with Gasteiger partial charge in [-0.25, -0.2) is 4.79 Å². The molecule has 2 aliphatic heterocycles. The number of aliphatic hydroxyl groups is 1. The van der Waals surface area contributed by atoms with E-state index in [4.69, 9.17) is 0 Å². The molecule has 0 aliphatic carbocycles. The number of aryl methyl sites for hydroxylation is 1. The van der Waals surface area contributed by atoms with Crippen molar-refractivity contribution >= 4 is 34.4 Å². The number of thioether (sulfide) groups is 1. The number of nitrogens with zero attached hydrogens (tertiary/aromatic N) is 2. The Labute approximate surface area is 167 Å². The van der Waals surface area contributed by atoms with Crippen LogP contribution in [0.1, 0.15) is 19.0 Å². The first kappa shape index (κ1) is 19.0. The zero-order valence-electron chi connectivity index (χ0n) is 15.5. The van der Waals surface area contributed by atoms with Gasteiger partial charge in [-0.15, -0.1) is 11.8 Å². The zero-order valence-corrected chi connectivity index (χ0v) is 16.4. The van der Waals surface area contributed by atoms with Crippen LogP contribution in [-0.2, 0) is 16.0 Å². The lowest BCUT2D eigenvalue weighted by atomic mass is 9.80. The van der Waals surface area contributed by atoms with Crippen molar-refractivity contribution in [1.82, 2.24) is 9.88 Å². The van der Waals surface area contributed by atoms with Crippen LogP contribution in [0.5, 0.6) is 0 Å². The summed E-state index contributed by atoms with van der Waals surface area (Å²) >= 11 is 1.50. The van der Waals surface area contributed by atoms with Gasteiger partial charge in [-0.2, -0.15) is 0 Å². The Kier molecular flexibility index (Phi) is 5.12. The van der Waals surface area contributed by atoms with Crippen molar-refractivity contribution in [1.29, 1.82) is 0 Å². The molecule has 1 aromatic carbocycles. The Hall–Kier alpha value is -2.38. The lowest BCUT2D eigenvalue weighted by Crippen LogP contribution is -2.60. The molecule has 0 unspecified atom stereocenters. The molecule has 28 heavy (non-hydrogen) atoms. The van der Waals surface area contributed by atoms with Crippen LogP contribution in [0.15, 0.2) is 47.1 Å². The second kappa shape index (κ2) is 7.56. The maximum Gasteiger partial charge on any atom is 0.353 e. The third-order valence-electron chi connectivity index (χ3n) is 5.66. The largest absolute Gasteiger partial charge is 0.477 e. The molecule has 0 bridgehead atoms. The monoisotopic (exact) mass is 398 g/mol. The van der Waals surface area contributed by atoms with Gasteiger partial charge in [-0.3, -0.25) is 9.78 Å². The molecule has 3 heterocycles. The van der Waals surface area contributed by atoms with Crippen LogP contribution in [-0.4, -0.2) is 50.4 Å². The number of carboxylic acid groups (broad SMARTS) is 1. The molecule has 0 spiro atoms. The fourth-order valence-corrected chi connectivity index (χ4v) is 5.61. The van der Waals surface area contributed by atoms with Crippen LogP contribution in [0, 0.1) is 11.8 Å². The van der Waals surface area contributed by atoms with Crippen LogP contribution in [0.2, 0.25) is 0 Å². The SMILES string of the molecule is C[C@H]1C(SCCc2nccc3ccccc23)=C(C(=O)O)N2C(=O)[C@@H](CCO)[C@@H]12. The van der Waals surface area contributed by atoms with Crippen LogP contribution >= 0.6 is 11.8 Å². The summed E-state index contributed by atoms with van der Waals surface area (Å²) in [6.45, 7) is 1.91. The van der Waals surface area contributed by atoms with E-state index in [9.17, 15) is 19.8 Å². The average Bonchev–Trinajstić information content (AvgIpc) is 2.95. The van der Waals surface area contributed by atoms with Crippen molar-refractivity contribution in [3.05, 3.63) is 52.8 Å². The smallest absolute Gasteiger partial charge is 0.353 e. The number of β-lactam (4-membered cyclic amide) rings is 1. The van der Waals surface area contributed by atoms with Crippen LogP contribution in [0.4, 0.5) is 0 Å². The average molecular weight is 398 g/mol. The van der Waals surface area contributed by atoms with Crippen LogP contribution in [0.3, 0.4) is 0 Å². The van der Waals surface area contributed by atoms with Gasteiger partial charge in [0.15, 0.2) is 0 Å². The molecule has 4 rings (SSSR count). The van der Waals surface area contributed by atoms with E-state index >= 15 is 0 Å². The summed E-state index contributed by atoms with van der Waals surface area (Å²) in [5.74, 6) is -0.875. The Morgan fingerprint density at radius 3 is 2.82 bits per heavy atom. The van der Waals surface area contributed by atoms with Crippen molar-refractivity contribution in [3.63, 3.8) is 0 Å². The highest BCUT2D eigenvalue weighted by Crippen LogP contribution is 2.50. The Balaban J connectivity index is 1.52. The number of hydrogen-bond acceptors (Lipinski definition) is 5. The molecule has 146 valence electrons. The highest BCUT2D eigenvalue weighted by molar-refractivity contribution is 8.03. The first-order valence-corrected chi connectivity index (χ1v) is 10.4. The molecule has 0 radical (unpaired) electrons. The third kappa shape index (κ3) is 2.99. The minimum Gasteiger partial charge on any atom is -0.477 e. The van der Waals surface area contributed by atoms with Gasteiger partial charge in [-0.05, 0) is 24.3 Å². The van der Waals surface area contributed by atoms with Gasteiger partial charge in [0.25, 0.3) is 0 Å². The molecule has 6 nitrogen and oxygen atoms in total. The molecular weight excluding hydrogens is 376 g/mol. The molecule has 1 saturated heterocycles. The number of carboxylic acids is 1. The minimum atomic E-state index is -1.06. The van der Waals surface area contributed by atoms with E-state index in [0.29, 0.717) is 18.6 Å².